The third kappa shape index (κ3) is 8.55. The molecule has 5 aliphatic rings. The Morgan fingerprint density at radius 2 is 1.62 bits per heavy atom. The molecule has 6 N–H and O–H groups in total. The van der Waals surface area contributed by atoms with Crippen LogP contribution >= 0.6 is 0 Å². The molecule has 9 rings (SSSR count). The number of hydrogen-bond acceptors (Lipinski definition) is 12. The van der Waals surface area contributed by atoms with Gasteiger partial charge in [0.15, 0.2) is 0 Å². The largest absolute Gasteiger partial charge is 0.457 e. The number of aromatic nitrogens is 2. The number of benzene rings is 3. The Labute approximate surface area is 363 Å². The van der Waals surface area contributed by atoms with Gasteiger partial charge in [-0.25, -0.2) is 9.48 Å². The molecule has 2 atom stereocenters. The predicted octanol–water partition coefficient (Wildman–Crippen LogP) is 3.43. The van der Waals surface area contributed by atoms with Crippen LogP contribution in [-0.4, -0.2) is 131 Å². The van der Waals surface area contributed by atoms with Gasteiger partial charge in [0, 0.05) is 63.5 Å². The van der Waals surface area contributed by atoms with E-state index in [1.807, 2.05) is 64.2 Å². The lowest BCUT2D eigenvalue weighted by Gasteiger charge is -2.42. The third-order valence-corrected chi connectivity index (χ3v) is 12.5. The number of carbonyl (C=O) groups is 6. The molecule has 0 aliphatic carbocycles. The molecule has 18 heteroatoms. The molecule has 328 valence electrons. The van der Waals surface area contributed by atoms with Crippen molar-refractivity contribution in [1.29, 1.82) is 0 Å². The Balaban J connectivity index is 0.696. The molecule has 3 fully saturated rings. The van der Waals surface area contributed by atoms with Gasteiger partial charge >= 0.3 is 6.03 Å². The fourth-order valence-electron chi connectivity index (χ4n) is 9.29. The first-order valence-electron chi connectivity index (χ1n) is 21.6. The van der Waals surface area contributed by atoms with Crippen molar-refractivity contribution in [3.63, 3.8) is 0 Å². The summed E-state index contributed by atoms with van der Waals surface area (Å²) in [5.41, 5.74) is 8.53. The first-order chi connectivity index (χ1) is 30.6. The topological polar surface area (TPSA) is 223 Å². The summed E-state index contributed by atoms with van der Waals surface area (Å²) in [6.07, 6.45) is 2.63. The average Bonchev–Trinajstić information content (AvgIpc) is 3.79. The van der Waals surface area contributed by atoms with Crippen molar-refractivity contribution in [3.8, 4) is 22.8 Å². The average molecular weight is 859 g/mol. The van der Waals surface area contributed by atoms with Crippen molar-refractivity contribution >= 4 is 47.1 Å². The van der Waals surface area contributed by atoms with E-state index in [4.69, 9.17) is 20.3 Å². The minimum absolute atomic E-state index is 0.0534. The monoisotopic (exact) mass is 858 g/mol. The summed E-state index contributed by atoms with van der Waals surface area (Å²) in [7, 11) is 0. The first-order valence-corrected chi connectivity index (χ1v) is 21.6. The van der Waals surface area contributed by atoms with Gasteiger partial charge in [0.05, 0.1) is 36.4 Å². The number of hydrogen-bond donors (Lipinski definition) is 5. The number of nitrogens with one attached hydrogen (secondary N) is 4. The van der Waals surface area contributed by atoms with Gasteiger partial charge in [0.1, 0.15) is 34.6 Å². The summed E-state index contributed by atoms with van der Waals surface area (Å²) in [4.78, 5) is 81.6. The van der Waals surface area contributed by atoms with E-state index in [1.165, 1.54) is 0 Å². The fourth-order valence-corrected chi connectivity index (χ4v) is 9.29. The highest BCUT2D eigenvalue weighted by atomic mass is 16.5. The van der Waals surface area contributed by atoms with Gasteiger partial charge in [-0.3, -0.25) is 39.1 Å². The van der Waals surface area contributed by atoms with Crippen LogP contribution in [0.25, 0.3) is 11.3 Å². The smallest absolute Gasteiger partial charge is 0.317 e. The number of urea groups is 1. The summed E-state index contributed by atoms with van der Waals surface area (Å²) < 4.78 is 13.7. The van der Waals surface area contributed by atoms with Crippen molar-refractivity contribution in [3.05, 3.63) is 89.5 Å². The number of imide groups is 2. The molecular weight excluding hydrogens is 809 g/mol. The minimum atomic E-state index is -1.02. The number of fused-ring (bicyclic) bond motifs is 2. The van der Waals surface area contributed by atoms with Crippen LogP contribution < -0.4 is 31.7 Å². The molecule has 0 spiro atoms. The quantitative estimate of drug-likeness (QED) is 0.0910. The highest BCUT2D eigenvalue weighted by Gasteiger charge is 2.46. The second kappa shape index (κ2) is 17.9. The number of carbonyl (C=O) groups excluding carboxylic acids is 6. The van der Waals surface area contributed by atoms with E-state index in [1.54, 1.807) is 18.2 Å². The lowest BCUT2D eigenvalue weighted by atomic mass is 9.87. The van der Waals surface area contributed by atoms with Crippen LogP contribution in [0.4, 0.5) is 16.3 Å². The molecule has 4 aromatic rings. The molecule has 63 heavy (non-hydrogen) atoms. The first kappa shape index (κ1) is 41.6. The van der Waals surface area contributed by atoms with E-state index in [9.17, 15) is 28.8 Å². The SMILES string of the molecule is NC(=O)c1c(-c2ccc(Oc3ccccc3)cc2)nn2c1NCC[C@H]2C1CCN(C(=O)NC2CN(CCOCCNc3cccc4c3C(=O)N(C3CCC(=O)NC3=O)C4=O)C2)CC1. The molecule has 18 nitrogen and oxygen atoms in total. The molecule has 0 radical (unpaired) electrons. The molecular formula is C45H50N10O8. The van der Waals surface area contributed by atoms with E-state index < -0.39 is 35.6 Å². The maximum Gasteiger partial charge on any atom is 0.317 e. The van der Waals surface area contributed by atoms with Gasteiger partial charge in [0.25, 0.3) is 17.7 Å². The highest BCUT2D eigenvalue weighted by Crippen LogP contribution is 2.40. The number of para-hydroxylation sites is 1. The van der Waals surface area contributed by atoms with Crippen molar-refractivity contribution in [2.24, 2.45) is 11.7 Å². The van der Waals surface area contributed by atoms with Crippen molar-refractivity contribution in [2.75, 3.05) is 69.7 Å². The van der Waals surface area contributed by atoms with Crippen LogP contribution in [-0.2, 0) is 14.3 Å². The lowest BCUT2D eigenvalue weighted by molar-refractivity contribution is -0.136. The van der Waals surface area contributed by atoms with Gasteiger partial charge in [-0.2, -0.15) is 5.10 Å². The number of nitrogens with two attached hydrogens (primary N) is 1. The summed E-state index contributed by atoms with van der Waals surface area (Å²) in [5, 5.41) is 16.9. The van der Waals surface area contributed by atoms with Gasteiger partial charge in [0.2, 0.25) is 11.8 Å². The fraction of sp³-hybridized carbons (Fsp3) is 0.400. The summed E-state index contributed by atoms with van der Waals surface area (Å²) in [6, 6.07) is 21.0. The van der Waals surface area contributed by atoms with Crippen LogP contribution in [0, 0.1) is 5.92 Å². The van der Waals surface area contributed by atoms with Crippen LogP contribution in [0.15, 0.2) is 72.8 Å². The van der Waals surface area contributed by atoms with Crippen molar-refractivity contribution < 1.29 is 38.2 Å². The second-order valence-electron chi connectivity index (χ2n) is 16.5. The van der Waals surface area contributed by atoms with Crippen LogP contribution in [0.5, 0.6) is 11.5 Å². The number of rotatable bonds is 14. The van der Waals surface area contributed by atoms with E-state index in [0.717, 1.165) is 48.6 Å². The van der Waals surface area contributed by atoms with Crippen molar-refractivity contribution in [1.82, 2.24) is 35.1 Å². The number of piperidine rings is 2. The molecule has 3 saturated heterocycles. The molecule has 1 aromatic heterocycles. The van der Waals surface area contributed by atoms with Gasteiger partial charge in [-0.05, 0) is 80.1 Å². The standard InChI is InChI=1S/C45H50N10O8/c46-40(57)38-39(28-9-11-31(12-10-28)63-30-5-2-1-3-6-30)51-55-34(15-18-48-41(38)55)27-16-20-53(21-17-27)45(61)49-29-25-52(26-29)22-24-62-23-19-47-33-8-4-7-32-37(33)44(60)54(43(32)59)35-13-14-36(56)50-42(35)58/h1-12,27,29,34-35,47-48H,13-26H2,(H2,46,57)(H,49,61)(H,50,56,58)/t34-,35?/m0/s1. The van der Waals surface area contributed by atoms with E-state index >= 15 is 0 Å². The Hall–Kier alpha value is -6.79. The number of primary amides is 1. The van der Waals surface area contributed by atoms with E-state index in [2.05, 4.69) is 26.2 Å². The van der Waals surface area contributed by atoms with Crippen molar-refractivity contribution in [2.45, 2.75) is 50.2 Å². The molecule has 7 amide bonds. The van der Waals surface area contributed by atoms with Crippen LogP contribution in [0.2, 0.25) is 0 Å². The Morgan fingerprint density at radius 3 is 2.37 bits per heavy atom. The van der Waals surface area contributed by atoms with Gasteiger partial charge in [-0.1, -0.05) is 24.3 Å². The maximum atomic E-state index is 13.3. The number of ether oxygens (including phenoxy) is 2. The third-order valence-electron chi connectivity index (χ3n) is 12.5. The Morgan fingerprint density at radius 1 is 0.857 bits per heavy atom. The van der Waals surface area contributed by atoms with Gasteiger partial charge in [-0.15, -0.1) is 0 Å². The number of likely N-dealkylation sites (tertiary alicyclic amines) is 2. The zero-order valence-corrected chi connectivity index (χ0v) is 34.7. The zero-order chi connectivity index (χ0) is 43.6. The molecule has 5 aliphatic heterocycles. The minimum Gasteiger partial charge on any atom is -0.457 e. The number of nitrogens with zero attached hydrogens (tertiary/aromatic N) is 5. The Kier molecular flexibility index (Phi) is 11.8. The molecule has 1 unspecified atom stereocenters. The summed E-state index contributed by atoms with van der Waals surface area (Å²) in [5.74, 6) is -0.406. The second-order valence-corrected chi connectivity index (χ2v) is 16.5. The van der Waals surface area contributed by atoms with E-state index in [0.29, 0.717) is 74.4 Å². The van der Waals surface area contributed by atoms with Crippen LogP contribution in [0.1, 0.15) is 69.2 Å². The molecule has 0 saturated carbocycles. The highest BCUT2D eigenvalue weighted by molar-refractivity contribution is 6.25. The maximum absolute atomic E-state index is 13.3. The normalized spacial score (nSPS) is 20.4. The summed E-state index contributed by atoms with van der Waals surface area (Å²) >= 11 is 0. The Bertz CT molecular complexity index is 2410. The molecule has 0 bridgehead atoms. The van der Waals surface area contributed by atoms with Crippen LogP contribution in [0.3, 0.4) is 0 Å². The molecule has 3 aromatic carbocycles. The lowest BCUT2D eigenvalue weighted by Crippen LogP contribution is -2.62. The number of amides is 7. The molecule has 6 heterocycles. The predicted molar refractivity (Wildman–Crippen MR) is 230 cm³/mol. The summed E-state index contributed by atoms with van der Waals surface area (Å²) in [6.45, 7) is 5.33. The van der Waals surface area contributed by atoms with Gasteiger partial charge < -0.3 is 36.1 Å². The zero-order valence-electron chi connectivity index (χ0n) is 34.7. The number of anilines is 2. The van der Waals surface area contributed by atoms with E-state index in [-0.39, 0.29) is 48.0 Å².